The molecule has 2 amide bonds. The van der Waals surface area contributed by atoms with Crippen molar-refractivity contribution in [1.82, 2.24) is 4.98 Å². The molecule has 134 valence electrons. The highest BCUT2D eigenvalue weighted by Crippen LogP contribution is 2.26. The van der Waals surface area contributed by atoms with Crippen LogP contribution in [0.5, 0.6) is 0 Å². The van der Waals surface area contributed by atoms with E-state index in [2.05, 4.69) is 4.98 Å². The van der Waals surface area contributed by atoms with Crippen molar-refractivity contribution < 1.29 is 14.0 Å². The van der Waals surface area contributed by atoms with E-state index in [1.54, 1.807) is 18.2 Å². The van der Waals surface area contributed by atoms with E-state index in [0.717, 1.165) is 0 Å². The van der Waals surface area contributed by atoms with E-state index in [1.807, 2.05) is 30.3 Å². The van der Waals surface area contributed by atoms with Gasteiger partial charge in [0, 0.05) is 23.7 Å². The average molecular weight is 390 g/mol. The Hall–Kier alpha value is -2.51. The minimum absolute atomic E-state index is 0.0900. The molecule has 6 nitrogen and oxygen atoms in total. The first-order valence-electron chi connectivity index (χ1n) is 7.85. The van der Waals surface area contributed by atoms with Gasteiger partial charge in [-0.1, -0.05) is 41.6 Å². The summed E-state index contributed by atoms with van der Waals surface area (Å²) in [6, 6.07) is 14.3. The summed E-state index contributed by atoms with van der Waals surface area (Å²) < 4.78 is 5.61. The second-order valence-electron chi connectivity index (χ2n) is 5.48. The van der Waals surface area contributed by atoms with Gasteiger partial charge < -0.3 is 15.1 Å². The van der Waals surface area contributed by atoms with Gasteiger partial charge in [-0.25, -0.2) is 4.98 Å². The molecule has 0 bridgehead atoms. The van der Waals surface area contributed by atoms with Crippen molar-refractivity contribution in [2.24, 2.45) is 5.73 Å². The number of para-hydroxylation sites is 1. The summed E-state index contributed by atoms with van der Waals surface area (Å²) >= 11 is 7.13. The number of fused-ring (bicyclic) bond motifs is 1. The number of nitrogens with two attached hydrogens (primary N) is 1. The molecule has 1 heterocycles. The summed E-state index contributed by atoms with van der Waals surface area (Å²) in [5, 5.41) is 0.957. The van der Waals surface area contributed by atoms with Crippen LogP contribution >= 0.6 is 23.4 Å². The van der Waals surface area contributed by atoms with Crippen LogP contribution in [0.2, 0.25) is 5.02 Å². The summed E-state index contributed by atoms with van der Waals surface area (Å²) in [5.74, 6) is -0.501. The normalized spacial score (nSPS) is 10.8. The number of primary amides is 1. The molecule has 3 aromatic rings. The molecule has 2 N–H and O–H groups in total. The third-order valence-corrected chi connectivity index (χ3v) is 4.65. The largest absolute Gasteiger partial charge is 0.431 e. The molecule has 0 aliphatic rings. The molecular formula is C18H16ClN3O3S. The number of anilines is 1. The van der Waals surface area contributed by atoms with E-state index in [9.17, 15) is 9.59 Å². The van der Waals surface area contributed by atoms with Gasteiger partial charge in [0.1, 0.15) is 5.52 Å². The second-order valence-corrected chi connectivity index (χ2v) is 6.84. The summed E-state index contributed by atoms with van der Waals surface area (Å²) in [6.07, 6.45) is 0.0900. The molecule has 0 radical (unpaired) electrons. The highest BCUT2D eigenvalue weighted by atomic mass is 35.5. The molecule has 0 saturated carbocycles. The maximum atomic E-state index is 12.7. The van der Waals surface area contributed by atoms with Gasteiger partial charge in [-0.3, -0.25) is 9.59 Å². The molecule has 0 saturated heterocycles. The van der Waals surface area contributed by atoms with Crippen molar-refractivity contribution in [2.45, 2.75) is 11.6 Å². The van der Waals surface area contributed by atoms with Crippen molar-refractivity contribution in [3.05, 3.63) is 53.6 Å². The Morgan fingerprint density at radius 3 is 2.69 bits per heavy atom. The quantitative estimate of drug-likeness (QED) is 0.625. The number of aromatic nitrogens is 1. The van der Waals surface area contributed by atoms with Crippen molar-refractivity contribution in [1.29, 1.82) is 0 Å². The smallest absolute Gasteiger partial charge is 0.257 e. The Kier molecular flexibility index (Phi) is 5.80. The molecule has 1 aromatic heterocycles. The Balaban J connectivity index is 1.70. The highest BCUT2D eigenvalue weighted by Gasteiger charge is 2.18. The number of hydrogen-bond donors (Lipinski definition) is 1. The molecule has 0 spiro atoms. The van der Waals surface area contributed by atoms with Crippen molar-refractivity contribution in [2.75, 3.05) is 17.2 Å². The first-order chi connectivity index (χ1) is 12.5. The van der Waals surface area contributed by atoms with Crippen LogP contribution in [-0.2, 0) is 9.59 Å². The van der Waals surface area contributed by atoms with Crippen molar-refractivity contribution in [3.63, 3.8) is 0 Å². The standard InChI is InChI=1S/C18H16ClN3O3S/c19-12-6-7-15-14(10-12)21-18(25-15)26-11-17(24)22(9-8-16(20)23)13-4-2-1-3-5-13/h1-7,10H,8-9,11H2,(H2,20,23). The summed E-state index contributed by atoms with van der Waals surface area (Å²) in [6.45, 7) is 0.224. The van der Waals surface area contributed by atoms with E-state index in [1.165, 1.54) is 16.7 Å². The van der Waals surface area contributed by atoms with Crippen LogP contribution < -0.4 is 10.6 Å². The number of halogens is 1. The zero-order valence-corrected chi connectivity index (χ0v) is 15.3. The fourth-order valence-electron chi connectivity index (χ4n) is 2.37. The lowest BCUT2D eigenvalue weighted by molar-refractivity contribution is -0.118. The first-order valence-corrected chi connectivity index (χ1v) is 9.22. The van der Waals surface area contributed by atoms with Gasteiger partial charge in [0.15, 0.2) is 5.58 Å². The lowest BCUT2D eigenvalue weighted by Gasteiger charge is -2.21. The summed E-state index contributed by atoms with van der Waals surface area (Å²) in [5.41, 5.74) is 7.18. The van der Waals surface area contributed by atoms with Crippen LogP contribution in [0.1, 0.15) is 6.42 Å². The lowest BCUT2D eigenvalue weighted by atomic mass is 10.2. The van der Waals surface area contributed by atoms with Gasteiger partial charge >= 0.3 is 0 Å². The summed E-state index contributed by atoms with van der Waals surface area (Å²) in [4.78, 5) is 29.6. The number of rotatable bonds is 7. The highest BCUT2D eigenvalue weighted by molar-refractivity contribution is 7.99. The Labute approximate surface area is 159 Å². The van der Waals surface area contributed by atoms with Crippen LogP contribution in [0, 0.1) is 0 Å². The maximum absolute atomic E-state index is 12.7. The number of hydrogen-bond acceptors (Lipinski definition) is 5. The van der Waals surface area contributed by atoms with Crippen LogP contribution in [-0.4, -0.2) is 29.1 Å². The SMILES string of the molecule is NC(=O)CCN(C(=O)CSc1nc2cc(Cl)ccc2o1)c1ccccc1. The van der Waals surface area contributed by atoms with Crippen LogP contribution in [0.3, 0.4) is 0 Å². The molecule has 0 fully saturated rings. The van der Waals surface area contributed by atoms with E-state index >= 15 is 0 Å². The van der Waals surface area contributed by atoms with Crippen LogP contribution in [0.4, 0.5) is 5.69 Å². The Morgan fingerprint density at radius 1 is 1.19 bits per heavy atom. The number of nitrogens with zero attached hydrogens (tertiary/aromatic N) is 2. The zero-order chi connectivity index (χ0) is 18.5. The predicted molar refractivity (Wildman–Crippen MR) is 102 cm³/mol. The molecule has 2 aromatic carbocycles. The molecule has 0 aliphatic carbocycles. The molecule has 26 heavy (non-hydrogen) atoms. The van der Waals surface area contributed by atoms with E-state index in [-0.39, 0.29) is 24.6 Å². The van der Waals surface area contributed by atoms with Gasteiger partial charge in [0.25, 0.3) is 5.22 Å². The molecular weight excluding hydrogens is 374 g/mol. The van der Waals surface area contributed by atoms with Gasteiger partial charge in [-0.2, -0.15) is 0 Å². The number of oxazole rings is 1. The number of benzene rings is 2. The fraction of sp³-hybridized carbons (Fsp3) is 0.167. The van der Waals surface area contributed by atoms with Gasteiger partial charge in [-0.05, 0) is 30.3 Å². The zero-order valence-electron chi connectivity index (χ0n) is 13.7. The van der Waals surface area contributed by atoms with Crippen LogP contribution in [0.25, 0.3) is 11.1 Å². The third-order valence-electron chi connectivity index (χ3n) is 3.60. The third kappa shape index (κ3) is 4.56. The Bertz CT molecular complexity index is 930. The molecule has 3 rings (SSSR count). The molecule has 0 aliphatic heterocycles. The van der Waals surface area contributed by atoms with Gasteiger partial charge in [-0.15, -0.1) is 0 Å². The number of thioether (sulfide) groups is 1. The van der Waals surface area contributed by atoms with E-state index < -0.39 is 5.91 Å². The molecule has 8 heteroatoms. The van der Waals surface area contributed by atoms with Crippen molar-refractivity contribution in [3.8, 4) is 0 Å². The molecule has 0 unspecified atom stereocenters. The monoisotopic (exact) mass is 389 g/mol. The Morgan fingerprint density at radius 2 is 1.96 bits per heavy atom. The van der Waals surface area contributed by atoms with Gasteiger partial charge in [0.05, 0.1) is 5.75 Å². The fourth-order valence-corrected chi connectivity index (χ4v) is 3.25. The topological polar surface area (TPSA) is 89.4 Å². The number of carbonyl (C=O) groups is 2. The minimum atomic E-state index is -0.456. The number of carbonyl (C=O) groups excluding carboxylic acids is 2. The summed E-state index contributed by atoms with van der Waals surface area (Å²) in [7, 11) is 0. The van der Waals surface area contributed by atoms with Crippen molar-refractivity contribution >= 4 is 52.0 Å². The lowest BCUT2D eigenvalue weighted by Crippen LogP contribution is -2.35. The maximum Gasteiger partial charge on any atom is 0.257 e. The predicted octanol–water partition coefficient (Wildman–Crippen LogP) is 3.48. The molecule has 0 atom stereocenters. The minimum Gasteiger partial charge on any atom is -0.431 e. The van der Waals surface area contributed by atoms with E-state index in [0.29, 0.717) is 27.0 Å². The number of amides is 2. The van der Waals surface area contributed by atoms with Gasteiger partial charge in [0.2, 0.25) is 11.8 Å². The van der Waals surface area contributed by atoms with Crippen LogP contribution in [0.15, 0.2) is 58.2 Å². The van der Waals surface area contributed by atoms with E-state index in [4.69, 9.17) is 21.8 Å². The first kappa shape index (κ1) is 18.3. The average Bonchev–Trinajstić information content (AvgIpc) is 3.02. The second kappa shape index (κ2) is 8.25.